The smallest absolute Gasteiger partial charge is 0.243 e. The molecule has 1 unspecified atom stereocenters. The van der Waals surface area contributed by atoms with Crippen molar-refractivity contribution in [3.63, 3.8) is 0 Å². The largest absolute Gasteiger partial charge is 0.497 e. The van der Waals surface area contributed by atoms with E-state index in [1.54, 1.807) is 48.5 Å². The van der Waals surface area contributed by atoms with E-state index in [0.717, 1.165) is 0 Å². The summed E-state index contributed by atoms with van der Waals surface area (Å²) in [6.07, 6.45) is 2.88. The number of ether oxygens (including phenoxy) is 2. The molecule has 0 aliphatic rings. The zero-order chi connectivity index (χ0) is 27.4. The fourth-order valence-electron chi connectivity index (χ4n) is 4.04. The van der Waals surface area contributed by atoms with E-state index >= 15 is 0 Å². The quantitative estimate of drug-likeness (QED) is 0.272. The predicted octanol–water partition coefficient (Wildman–Crippen LogP) is 3.22. The highest BCUT2D eigenvalue weighted by atomic mass is 35.5. The van der Waals surface area contributed by atoms with Crippen LogP contribution in [-0.4, -0.2) is 38.3 Å². The number of aromatic nitrogens is 2. The Morgan fingerprint density at radius 3 is 2.50 bits per heavy atom. The van der Waals surface area contributed by atoms with Crippen molar-refractivity contribution in [2.45, 2.75) is 17.4 Å². The molecule has 0 fully saturated rings. The monoisotopic (exact) mass is 555 g/mol. The second-order valence-corrected chi connectivity index (χ2v) is 10.4. The van der Waals surface area contributed by atoms with Gasteiger partial charge in [0.1, 0.15) is 16.4 Å². The minimum atomic E-state index is -4.17. The van der Waals surface area contributed by atoms with Crippen LogP contribution in [-0.2, 0) is 21.4 Å². The van der Waals surface area contributed by atoms with Gasteiger partial charge in [-0.15, -0.1) is 0 Å². The number of nitrogens with two attached hydrogens (primary N) is 2. The maximum absolute atomic E-state index is 13.7. The lowest BCUT2D eigenvalue weighted by molar-refractivity contribution is -0.118. The number of carbonyl (C=O) groups excluding carboxylic acids is 1. The zero-order valence-corrected chi connectivity index (χ0v) is 22.2. The molecule has 1 aromatic heterocycles. The van der Waals surface area contributed by atoms with Gasteiger partial charge in [0.2, 0.25) is 15.9 Å². The average molecular weight is 556 g/mol. The van der Waals surface area contributed by atoms with Crippen molar-refractivity contribution < 1.29 is 22.7 Å². The van der Waals surface area contributed by atoms with Crippen molar-refractivity contribution in [1.29, 1.82) is 0 Å². The molecule has 12 heteroatoms. The van der Waals surface area contributed by atoms with Crippen molar-refractivity contribution in [3.8, 4) is 17.2 Å². The topological polar surface area (TPSA) is 152 Å². The van der Waals surface area contributed by atoms with Crippen LogP contribution in [0.4, 0.5) is 5.69 Å². The summed E-state index contributed by atoms with van der Waals surface area (Å²) >= 11 is 6.35. The summed E-state index contributed by atoms with van der Waals surface area (Å²) in [5.41, 5.74) is 13.5. The molecule has 0 aliphatic carbocycles. The van der Waals surface area contributed by atoms with E-state index in [-0.39, 0.29) is 17.1 Å². The average Bonchev–Trinajstić information content (AvgIpc) is 3.34. The van der Waals surface area contributed by atoms with Gasteiger partial charge in [0, 0.05) is 23.2 Å². The summed E-state index contributed by atoms with van der Waals surface area (Å²) in [6.45, 7) is -0.0792. The number of carbonyl (C=O) groups is 1. The first-order valence-corrected chi connectivity index (χ1v) is 13.2. The molecule has 0 saturated carbocycles. The molecule has 10 nitrogen and oxygen atoms in total. The predicted molar refractivity (Wildman–Crippen MR) is 144 cm³/mol. The van der Waals surface area contributed by atoms with E-state index in [9.17, 15) is 13.2 Å². The zero-order valence-electron chi connectivity index (χ0n) is 20.6. The summed E-state index contributed by atoms with van der Waals surface area (Å²) in [5, 5.41) is 4.49. The fraction of sp³-hybridized carbons (Fsp3) is 0.154. The van der Waals surface area contributed by atoms with Crippen LogP contribution in [0.15, 0.2) is 78.0 Å². The Bertz CT molecular complexity index is 1590. The number of rotatable bonds is 10. The van der Waals surface area contributed by atoms with Gasteiger partial charge in [-0.2, -0.15) is 5.10 Å². The third-order valence-electron chi connectivity index (χ3n) is 5.90. The Morgan fingerprint density at radius 2 is 1.87 bits per heavy atom. The van der Waals surface area contributed by atoms with Crippen LogP contribution in [0.2, 0.25) is 5.02 Å². The number of halogens is 1. The molecule has 0 radical (unpaired) electrons. The lowest BCUT2D eigenvalue weighted by Gasteiger charge is -2.19. The summed E-state index contributed by atoms with van der Waals surface area (Å²) in [7, 11) is -1.16. The van der Waals surface area contributed by atoms with Crippen molar-refractivity contribution in [3.05, 3.63) is 94.8 Å². The molecule has 4 aromatic rings. The van der Waals surface area contributed by atoms with Gasteiger partial charge in [0.05, 0.1) is 43.9 Å². The minimum absolute atomic E-state index is 0.0792. The summed E-state index contributed by atoms with van der Waals surface area (Å²) in [4.78, 5) is 12.4. The lowest BCUT2D eigenvalue weighted by Crippen LogP contribution is -2.26. The molecular formula is C26H26ClN5O5S. The van der Waals surface area contributed by atoms with Gasteiger partial charge < -0.3 is 20.9 Å². The number of benzene rings is 3. The van der Waals surface area contributed by atoms with E-state index in [4.69, 9.17) is 32.5 Å². The molecule has 198 valence electrons. The van der Waals surface area contributed by atoms with Crippen molar-refractivity contribution in [1.82, 2.24) is 14.5 Å². The number of methoxy groups -OCH3 is 2. The molecular weight excluding hydrogens is 530 g/mol. The summed E-state index contributed by atoms with van der Waals surface area (Å²) in [5.74, 6) is -0.658. The summed E-state index contributed by atoms with van der Waals surface area (Å²) < 4.78 is 41.9. The molecule has 1 atom stereocenters. The van der Waals surface area contributed by atoms with Crippen molar-refractivity contribution in [2.24, 2.45) is 5.73 Å². The van der Waals surface area contributed by atoms with Crippen LogP contribution in [0.5, 0.6) is 11.5 Å². The van der Waals surface area contributed by atoms with Gasteiger partial charge in [-0.3, -0.25) is 4.79 Å². The molecule has 1 amide bonds. The van der Waals surface area contributed by atoms with Gasteiger partial charge >= 0.3 is 0 Å². The van der Waals surface area contributed by atoms with Crippen molar-refractivity contribution >= 4 is 33.2 Å². The summed E-state index contributed by atoms with van der Waals surface area (Å²) in [6, 6.07) is 16.3. The van der Waals surface area contributed by atoms with Gasteiger partial charge in [-0.1, -0.05) is 41.9 Å². The number of primary amides is 1. The number of hydrogen-bond acceptors (Lipinski definition) is 7. The van der Waals surface area contributed by atoms with Crippen LogP contribution in [0.25, 0.3) is 5.69 Å². The second kappa shape index (κ2) is 11.1. The standard InChI is InChI=1S/C26H26ClN5O5S/c1-36-19-9-7-17(23(12-19)37-2)13-31-38(34,35)24-11-16(8-10-22(24)32-15-18(28)14-30-32)25(26(29)33)20-5-3-4-6-21(20)27/h3-12,14-15,25,31H,13,28H2,1-2H3,(H2,29,33). The van der Waals surface area contributed by atoms with Crippen molar-refractivity contribution in [2.75, 3.05) is 20.0 Å². The van der Waals surface area contributed by atoms with Crippen LogP contribution in [0.1, 0.15) is 22.6 Å². The highest BCUT2D eigenvalue weighted by Gasteiger charge is 2.27. The van der Waals surface area contributed by atoms with E-state index in [1.165, 1.54) is 43.4 Å². The normalized spacial score (nSPS) is 12.2. The SMILES string of the molecule is COc1ccc(CNS(=O)(=O)c2cc(C(C(N)=O)c3ccccc3Cl)ccc2-n2cc(N)cn2)c(OC)c1. The number of nitrogen functional groups attached to an aromatic ring is 1. The number of nitrogens with one attached hydrogen (secondary N) is 1. The number of hydrogen-bond donors (Lipinski definition) is 3. The third kappa shape index (κ3) is 5.59. The first-order valence-electron chi connectivity index (χ1n) is 11.3. The Labute approximate surface area is 225 Å². The van der Waals surface area contributed by atoms with E-state index < -0.39 is 21.8 Å². The van der Waals surface area contributed by atoms with Crippen LogP contribution >= 0.6 is 11.6 Å². The highest BCUT2D eigenvalue weighted by molar-refractivity contribution is 7.89. The molecule has 0 spiro atoms. The third-order valence-corrected chi connectivity index (χ3v) is 7.68. The van der Waals surface area contributed by atoms with Gasteiger partial charge in [0.25, 0.3) is 0 Å². The fourth-order valence-corrected chi connectivity index (χ4v) is 5.51. The number of amides is 1. The Morgan fingerprint density at radius 1 is 1.11 bits per heavy atom. The maximum atomic E-state index is 13.7. The van der Waals surface area contributed by atoms with E-state index in [1.807, 2.05) is 0 Å². The second-order valence-electron chi connectivity index (χ2n) is 8.30. The van der Waals surface area contributed by atoms with E-state index in [0.29, 0.717) is 38.9 Å². The molecule has 0 bridgehead atoms. The van der Waals surface area contributed by atoms with Crippen LogP contribution in [0, 0.1) is 0 Å². The molecule has 3 aromatic carbocycles. The van der Waals surface area contributed by atoms with Gasteiger partial charge in [-0.05, 0) is 35.4 Å². The van der Waals surface area contributed by atoms with Gasteiger partial charge in [0.15, 0.2) is 0 Å². The number of anilines is 1. The Kier molecular flexibility index (Phi) is 7.91. The van der Waals surface area contributed by atoms with Gasteiger partial charge in [-0.25, -0.2) is 17.8 Å². The Balaban J connectivity index is 1.80. The van der Waals surface area contributed by atoms with Crippen LogP contribution in [0.3, 0.4) is 0 Å². The minimum Gasteiger partial charge on any atom is -0.497 e. The number of sulfonamides is 1. The molecule has 1 heterocycles. The first-order chi connectivity index (χ1) is 18.1. The number of nitrogens with zero attached hydrogens (tertiary/aromatic N) is 2. The van der Waals surface area contributed by atoms with E-state index in [2.05, 4.69) is 9.82 Å². The molecule has 38 heavy (non-hydrogen) atoms. The highest BCUT2D eigenvalue weighted by Crippen LogP contribution is 2.33. The molecule has 4 rings (SSSR count). The first kappa shape index (κ1) is 27.0. The van der Waals surface area contributed by atoms with Crippen LogP contribution < -0.4 is 25.7 Å². The maximum Gasteiger partial charge on any atom is 0.243 e. The Hall–Kier alpha value is -4.06. The molecule has 5 N–H and O–H groups in total. The molecule has 0 saturated heterocycles. The molecule has 0 aliphatic heterocycles. The lowest BCUT2D eigenvalue weighted by atomic mass is 9.90.